The number of benzene rings is 1. The lowest BCUT2D eigenvalue weighted by molar-refractivity contribution is 0.0697. The van der Waals surface area contributed by atoms with Gasteiger partial charge in [-0.05, 0) is 25.0 Å². The fourth-order valence-electron chi connectivity index (χ4n) is 3.19. The highest BCUT2D eigenvalue weighted by Gasteiger charge is 2.35. The number of aromatic carboxylic acids is 1. The van der Waals surface area contributed by atoms with E-state index in [4.69, 9.17) is 4.74 Å². The largest absolute Gasteiger partial charge is 0.491 e. The van der Waals surface area contributed by atoms with Gasteiger partial charge >= 0.3 is 5.97 Å². The van der Waals surface area contributed by atoms with Gasteiger partial charge in [0.15, 0.2) is 0 Å². The molecule has 0 amide bonds. The van der Waals surface area contributed by atoms with E-state index in [0.717, 1.165) is 19.4 Å². The van der Waals surface area contributed by atoms with Crippen molar-refractivity contribution in [1.29, 1.82) is 0 Å². The van der Waals surface area contributed by atoms with E-state index in [9.17, 15) is 9.90 Å². The fraction of sp³-hybridized carbons (Fsp3) is 0.533. The van der Waals surface area contributed by atoms with E-state index in [1.54, 1.807) is 12.1 Å². The lowest BCUT2D eigenvalue weighted by Gasteiger charge is -2.35. The number of ether oxygens (including phenoxy) is 1. The van der Waals surface area contributed by atoms with Crippen LogP contribution in [0.5, 0.6) is 5.75 Å². The highest BCUT2D eigenvalue weighted by Crippen LogP contribution is 2.41. The molecule has 1 aromatic rings. The normalized spacial score (nSPS) is 20.8. The number of anilines is 1. The zero-order valence-electron chi connectivity index (χ0n) is 10.9. The Balaban J connectivity index is 1.89. The summed E-state index contributed by atoms with van der Waals surface area (Å²) < 4.78 is 5.91. The highest BCUT2D eigenvalue weighted by molar-refractivity contribution is 5.96. The molecule has 0 bridgehead atoms. The molecule has 4 heteroatoms. The fourth-order valence-corrected chi connectivity index (χ4v) is 3.19. The topological polar surface area (TPSA) is 58.6 Å². The van der Waals surface area contributed by atoms with Gasteiger partial charge in [-0.1, -0.05) is 25.3 Å². The molecule has 0 saturated heterocycles. The third kappa shape index (κ3) is 2.27. The summed E-state index contributed by atoms with van der Waals surface area (Å²) in [6, 6.07) is 5.20. The van der Waals surface area contributed by atoms with E-state index < -0.39 is 5.97 Å². The molecule has 2 N–H and O–H groups in total. The average molecular weight is 261 g/mol. The number of hydrogen-bond donors (Lipinski definition) is 2. The Bertz CT molecular complexity index is 492. The molecule has 3 rings (SSSR count). The second kappa shape index (κ2) is 4.76. The van der Waals surface area contributed by atoms with Gasteiger partial charge in [0.1, 0.15) is 5.75 Å². The third-order valence-electron chi connectivity index (χ3n) is 4.34. The molecule has 1 spiro atoms. The molecule has 1 heterocycles. The van der Waals surface area contributed by atoms with Crippen LogP contribution < -0.4 is 10.1 Å². The van der Waals surface area contributed by atoms with Crippen LogP contribution >= 0.6 is 0 Å². The van der Waals surface area contributed by atoms with Crippen molar-refractivity contribution in [1.82, 2.24) is 0 Å². The van der Waals surface area contributed by atoms with Crippen molar-refractivity contribution in [2.75, 3.05) is 18.5 Å². The first kappa shape index (κ1) is 12.3. The van der Waals surface area contributed by atoms with Crippen LogP contribution in [0, 0.1) is 5.41 Å². The monoisotopic (exact) mass is 261 g/mol. The van der Waals surface area contributed by atoms with Crippen LogP contribution in [0.25, 0.3) is 0 Å². The molecule has 0 atom stereocenters. The predicted molar refractivity (Wildman–Crippen MR) is 72.9 cm³/mol. The van der Waals surface area contributed by atoms with E-state index in [1.807, 2.05) is 6.07 Å². The minimum Gasteiger partial charge on any atom is -0.491 e. The third-order valence-corrected chi connectivity index (χ3v) is 4.34. The Kier molecular flexibility index (Phi) is 3.09. The SMILES string of the molecule is O=C(O)c1cccc2c1NCC1(CCCCC1)CO2. The zero-order valence-corrected chi connectivity index (χ0v) is 10.9. The van der Waals surface area contributed by atoms with Gasteiger partial charge in [-0.25, -0.2) is 4.79 Å². The number of carbonyl (C=O) groups is 1. The predicted octanol–water partition coefficient (Wildman–Crippen LogP) is 3.14. The van der Waals surface area contributed by atoms with Crippen molar-refractivity contribution < 1.29 is 14.6 Å². The maximum Gasteiger partial charge on any atom is 0.337 e. The Morgan fingerprint density at radius 2 is 2.05 bits per heavy atom. The van der Waals surface area contributed by atoms with Crippen molar-refractivity contribution in [2.24, 2.45) is 5.41 Å². The second-order valence-electron chi connectivity index (χ2n) is 5.69. The van der Waals surface area contributed by atoms with Crippen LogP contribution in [0.1, 0.15) is 42.5 Å². The molecule has 102 valence electrons. The molecule has 0 aromatic heterocycles. The van der Waals surface area contributed by atoms with Crippen LogP contribution in [-0.4, -0.2) is 24.2 Å². The summed E-state index contributed by atoms with van der Waals surface area (Å²) in [5, 5.41) is 12.6. The number of rotatable bonds is 1. The van der Waals surface area contributed by atoms with Crippen molar-refractivity contribution >= 4 is 11.7 Å². The first-order valence-corrected chi connectivity index (χ1v) is 6.93. The molecule has 0 unspecified atom stereocenters. The summed E-state index contributed by atoms with van der Waals surface area (Å²) >= 11 is 0. The molecule has 0 radical (unpaired) electrons. The molecule has 19 heavy (non-hydrogen) atoms. The van der Waals surface area contributed by atoms with Crippen LogP contribution in [0.4, 0.5) is 5.69 Å². The Hall–Kier alpha value is -1.71. The second-order valence-corrected chi connectivity index (χ2v) is 5.69. The van der Waals surface area contributed by atoms with Crippen LogP contribution in [0.2, 0.25) is 0 Å². The molecule has 1 aliphatic heterocycles. The van der Waals surface area contributed by atoms with Gasteiger partial charge in [0.25, 0.3) is 0 Å². The first-order chi connectivity index (χ1) is 9.20. The number of hydrogen-bond acceptors (Lipinski definition) is 3. The summed E-state index contributed by atoms with van der Waals surface area (Å²) in [4.78, 5) is 11.3. The van der Waals surface area contributed by atoms with Crippen LogP contribution in [0.3, 0.4) is 0 Å². The Morgan fingerprint density at radius 3 is 2.79 bits per heavy atom. The van der Waals surface area contributed by atoms with Gasteiger partial charge in [-0.2, -0.15) is 0 Å². The molecule has 2 aliphatic rings. The summed E-state index contributed by atoms with van der Waals surface area (Å²) in [6.07, 6.45) is 6.11. The van der Waals surface area contributed by atoms with Crippen molar-refractivity contribution in [3.05, 3.63) is 23.8 Å². The minimum absolute atomic E-state index is 0.174. The molecular formula is C15H19NO3. The lowest BCUT2D eigenvalue weighted by atomic mass is 9.74. The number of carboxylic acid groups (broad SMARTS) is 1. The van der Waals surface area contributed by atoms with Crippen molar-refractivity contribution in [3.63, 3.8) is 0 Å². The summed E-state index contributed by atoms with van der Waals surface area (Å²) in [7, 11) is 0. The van der Waals surface area contributed by atoms with Gasteiger partial charge in [-0.15, -0.1) is 0 Å². The Labute approximate surface area is 112 Å². The molecule has 1 aliphatic carbocycles. The van der Waals surface area contributed by atoms with Crippen molar-refractivity contribution in [2.45, 2.75) is 32.1 Å². The van der Waals surface area contributed by atoms with E-state index >= 15 is 0 Å². The lowest BCUT2D eigenvalue weighted by Crippen LogP contribution is -2.36. The Morgan fingerprint density at radius 1 is 1.26 bits per heavy atom. The summed E-state index contributed by atoms with van der Waals surface area (Å²) in [5.74, 6) is -0.241. The number of para-hydroxylation sites is 1. The standard InChI is InChI=1S/C15H19NO3/c17-14(18)11-5-4-6-12-13(11)16-9-15(10-19-12)7-2-1-3-8-15/h4-6,16H,1-3,7-10H2,(H,17,18). The van der Waals surface area contributed by atoms with Gasteiger partial charge in [-0.3, -0.25) is 0 Å². The van der Waals surface area contributed by atoms with Gasteiger partial charge < -0.3 is 15.2 Å². The van der Waals surface area contributed by atoms with Crippen molar-refractivity contribution in [3.8, 4) is 5.75 Å². The van der Waals surface area contributed by atoms with Crippen LogP contribution in [0.15, 0.2) is 18.2 Å². The van der Waals surface area contributed by atoms with Gasteiger partial charge in [0.2, 0.25) is 0 Å². The molecular weight excluding hydrogens is 242 g/mol. The van der Waals surface area contributed by atoms with E-state index in [0.29, 0.717) is 23.6 Å². The molecule has 1 saturated carbocycles. The molecule has 1 fully saturated rings. The quantitative estimate of drug-likeness (QED) is 0.815. The zero-order chi connectivity index (χ0) is 13.3. The average Bonchev–Trinajstić information content (AvgIpc) is 2.60. The maximum absolute atomic E-state index is 11.3. The molecule has 4 nitrogen and oxygen atoms in total. The van der Waals surface area contributed by atoms with E-state index in [2.05, 4.69) is 5.32 Å². The van der Waals surface area contributed by atoms with Gasteiger partial charge in [0.05, 0.1) is 17.9 Å². The van der Waals surface area contributed by atoms with Crippen LogP contribution in [-0.2, 0) is 0 Å². The minimum atomic E-state index is -0.910. The smallest absolute Gasteiger partial charge is 0.337 e. The van der Waals surface area contributed by atoms with E-state index in [1.165, 1.54) is 19.3 Å². The van der Waals surface area contributed by atoms with E-state index in [-0.39, 0.29) is 5.41 Å². The summed E-state index contributed by atoms with van der Waals surface area (Å²) in [5.41, 5.74) is 1.11. The summed E-state index contributed by atoms with van der Waals surface area (Å²) in [6.45, 7) is 1.50. The van der Waals surface area contributed by atoms with Gasteiger partial charge in [0, 0.05) is 12.0 Å². The highest BCUT2D eigenvalue weighted by atomic mass is 16.5. The number of fused-ring (bicyclic) bond motifs is 1. The number of carboxylic acids is 1. The maximum atomic E-state index is 11.3. The first-order valence-electron chi connectivity index (χ1n) is 6.93. The molecule has 1 aromatic carbocycles. The number of nitrogens with one attached hydrogen (secondary N) is 1.